The molecular weight excluding hydrogens is 264 g/mol. The standard InChI is InChI=1S/C14H19ClN2O2/c1-17(13(18)14(16)7-2-8-14)9-10-19-12-5-3-11(15)4-6-12/h3-6H,2,7-10,16H2,1H3. The molecule has 0 aliphatic heterocycles. The second kappa shape index (κ2) is 5.80. The van der Waals surface area contributed by atoms with Crippen LogP contribution in [0.15, 0.2) is 24.3 Å². The predicted molar refractivity (Wildman–Crippen MR) is 75.4 cm³/mol. The van der Waals surface area contributed by atoms with Crippen LogP contribution in [0.2, 0.25) is 5.02 Å². The van der Waals surface area contributed by atoms with E-state index < -0.39 is 5.54 Å². The van der Waals surface area contributed by atoms with E-state index in [1.165, 1.54) is 0 Å². The van der Waals surface area contributed by atoms with Gasteiger partial charge in [-0.2, -0.15) is 0 Å². The van der Waals surface area contributed by atoms with Crippen LogP contribution in [-0.4, -0.2) is 36.5 Å². The van der Waals surface area contributed by atoms with Crippen molar-refractivity contribution in [1.82, 2.24) is 4.90 Å². The molecule has 1 aliphatic carbocycles. The molecule has 1 fully saturated rings. The molecule has 0 saturated heterocycles. The van der Waals surface area contributed by atoms with Crippen molar-refractivity contribution in [3.63, 3.8) is 0 Å². The van der Waals surface area contributed by atoms with Crippen LogP contribution in [0.4, 0.5) is 0 Å². The van der Waals surface area contributed by atoms with E-state index in [-0.39, 0.29) is 5.91 Å². The van der Waals surface area contributed by atoms with Crippen molar-refractivity contribution >= 4 is 17.5 Å². The molecule has 0 radical (unpaired) electrons. The Balaban J connectivity index is 1.76. The molecular formula is C14H19ClN2O2. The molecule has 0 aromatic heterocycles. The topological polar surface area (TPSA) is 55.6 Å². The summed E-state index contributed by atoms with van der Waals surface area (Å²) in [6.45, 7) is 0.973. The molecule has 104 valence electrons. The number of halogens is 1. The van der Waals surface area contributed by atoms with Gasteiger partial charge in [-0.25, -0.2) is 0 Å². The van der Waals surface area contributed by atoms with Crippen molar-refractivity contribution in [3.05, 3.63) is 29.3 Å². The number of nitrogens with zero attached hydrogens (tertiary/aromatic N) is 1. The van der Waals surface area contributed by atoms with Crippen molar-refractivity contribution in [2.75, 3.05) is 20.2 Å². The quantitative estimate of drug-likeness (QED) is 0.899. The molecule has 0 bridgehead atoms. The molecule has 1 saturated carbocycles. The molecule has 0 atom stereocenters. The number of carbonyl (C=O) groups is 1. The minimum Gasteiger partial charge on any atom is -0.492 e. The average molecular weight is 283 g/mol. The second-order valence-electron chi connectivity index (χ2n) is 5.04. The van der Waals surface area contributed by atoms with Crippen LogP contribution in [0.25, 0.3) is 0 Å². The van der Waals surface area contributed by atoms with Gasteiger partial charge in [0.2, 0.25) is 5.91 Å². The summed E-state index contributed by atoms with van der Waals surface area (Å²) in [5.74, 6) is 0.759. The van der Waals surface area contributed by atoms with Crippen LogP contribution in [0.5, 0.6) is 5.75 Å². The molecule has 5 heteroatoms. The van der Waals surface area contributed by atoms with Gasteiger partial charge in [-0.05, 0) is 43.5 Å². The normalized spacial score (nSPS) is 16.6. The fourth-order valence-electron chi connectivity index (χ4n) is 2.08. The summed E-state index contributed by atoms with van der Waals surface area (Å²) >= 11 is 5.79. The smallest absolute Gasteiger partial charge is 0.242 e. The Bertz CT molecular complexity index is 443. The SMILES string of the molecule is CN(CCOc1ccc(Cl)cc1)C(=O)C1(N)CCC1. The maximum atomic E-state index is 12.1. The van der Waals surface area contributed by atoms with Gasteiger partial charge in [0.15, 0.2) is 0 Å². The van der Waals surface area contributed by atoms with Gasteiger partial charge < -0.3 is 15.4 Å². The molecule has 0 spiro atoms. The summed E-state index contributed by atoms with van der Waals surface area (Å²) in [4.78, 5) is 13.7. The maximum absolute atomic E-state index is 12.1. The van der Waals surface area contributed by atoms with Crippen molar-refractivity contribution in [3.8, 4) is 5.75 Å². The third-order valence-electron chi connectivity index (χ3n) is 3.53. The van der Waals surface area contributed by atoms with E-state index in [1.54, 1.807) is 36.2 Å². The van der Waals surface area contributed by atoms with Crippen LogP contribution in [-0.2, 0) is 4.79 Å². The molecule has 0 heterocycles. The Labute approximate surface area is 118 Å². The number of carbonyl (C=O) groups excluding carboxylic acids is 1. The molecule has 1 aliphatic rings. The van der Waals surface area contributed by atoms with Crippen molar-refractivity contribution in [2.45, 2.75) is 24.8 Å². The highest BCUT2D eigenvalue weighted by molar-refractivity contribution is 6.30. The fourth-order valence-corrected chi connectivity index (χ4v) is 2.21. The third kappa shape index (κ3) is 3.39. The van der Waals surface area contributed by atoms with E-state index >= 15 is 0 Å². The number of benzene rings is 1. The Kier molecular flexibility index (Phi) is 4.32. The fraction of sp³-hybridized carbons (Fsp3) is 0.500. The van der Waals surface area contributed by atoms with Crippen LogP contribution in [0.3, 0.4) is 0 Å². The lowest BCUT2D eigenvalue weighted by Crippen LogP contribution is -2.59. The first-order valence-corrected chi connectivity index (χ1v) is 6.82. The van der Waals surface area contributed by atoms with Gasteiger partial charge in [-0.15, -0.1) is 0 Å². The lowest BCUT2D eigenvalue weighted by Gasteiger charge is -2.39. The Hall–Kier alpha value is -1.26. The highest BCUT2D eigenvalue weighted by Gasteiger charge is 2.41. The Morgan fingerprint density at radius 1 is 1.42 bits per heavy atom. The van der Waals surface area contributed by atoms with E-state index in [1.807, 2.05) is 0 Å². The number of hydrogen-bond donors (Lipinski definition) is 1. The minimum atomic E-state index is -0.630. The zero-order valence-electron chi connectivity index (χ0n) is 11.1. The monoisotopic (exact) mass is 282 g/mol. The van der Waals surface area contributed by atoms with Gasteiger partial charge in [0, 0.05) is 12.1 Å². The third-order valence-corrected chi connectivity index (χ3v) is 3.78. The van der Waals surface area contributed by atoms with Crippen LogP contribution >= 0.6 is 11.6 Å². The van der Waals surface area contributed by atoms with Crippen molar-refractivity contribution in [1.29, 1.82) is 0 Å². The number of likely N-dealkylation sites (N-methyl/N-ethyl adjacent to an activating group) is 1. The summed E-state index contributed by atoms with van der Waals surface area (Å²) in [5, 5.41) is 0.676. The van der Waals surface area contributed by atoms with Gasteiger partial charge in [0.05, 0.1) is 12.1 Å². The molecule has 2 rings (SSSR count). The average Bonchev–Trinajstić information content (AvgIpc) is 2.37. The first kappa shape index (κ1) is 14.2. The van der Waals surface area contributed by atoms with Crippen LogP contribution < -0.4 is 10.5 Å². The van der Waals surface area contributed by atoms with Gasteiger partial charge in [0.25, 0.3) is 0 Å². The van der Waals surface area contributed by atoms with Crippen LogP contribution in [0, 0.1) is 0 Å². The highest BCUT2D eigenvalue weighted by atomic mass is 35.5. The first-order chi connectivity index (χ1) is 9.01. The number of amides is 1. The molecule has 0 unspecified atom stereocenters. The summed E-state index contributed by atoms with van der Waals surface area (Å²) in [6.07, 6.45) is 2.61. The molecule has 4 nitrogen and oxygen atoms in total. The molecule has 1 aromatic rings. The predicted octanol–water partition coefficient (Wildman–Crippen LogP) is 2.06. The summed E-state index contributed by atoms with van der Waals surface area (Å²) in [6, 6.07) is 7.16. The minimum absolute atomic E-state index is 0.0125. The first-order valence-electron chi connectivity index (χ1n) is 6.44. The lowest BCUT2D eigenvalue weighted by molar-refractivity contribution is -0.139. The van der Waals surface area contributed by atoms with Gasteiger partial charge in [0.1, 0.15) is 12.4 Å². The van der Waals surface area contributed by atoms with Crippen molar-refractivity contribution < 1.29 is 9.53 Å². The zero-order valence-corrected chi connectivity index (χ0v) is 11.8. The number of rotatable bonds is 5. The molecule has 1 aromatic carbocycles. The van der Waals surface area contributed by atoms with E-state index in [2.05, 4.69) is 0 Å². The van der Waals surface area contributed by atoms with E-state index in [9.17, 15) is 4.79 Å². The van der Waals surface area contributed by atoms with E-state index in [0.717, 1.165) is 25.0 Å². The van der Waals surface area contributed by atoms with Crippen molar-refractivity contribution in [2.24, 2.45) is 5.73 Å². The Morgan fingerprint density at radius 2 is 2.05 bits per heavy atom. The van der Waals surface area contributed by atoms with E-state index in [4.69, 9.17) is 22.1 Å². The largest absolute Gasteiger partial charge is 0.492 e. The lowest BCUT2D eigenvalue weighted by atomic mass is 9.77. The maximum Gasteiger partial charge on any atom is 0.242 e. The number of ether oxygens (including phenoxy) is 1. The van der Waals surface area contributed by atoms with Gasteiger partial charge in [-0.3, -0.25) is 4.79 Å². The molecule has 19 heavy (non-hydrogen) atoms. The van der Waals surface area contributed by atoms with Gasteiger partial charge in [-0.1, -0.05) is 11.6 Å². The summed E-state index contributed by atoms with van der Waals surface area (Å²) in [5.41, 5.74) is 5.37. The highest BCUT2D eigenvalue weighted by Crippen LogP contribution is 2.30. The summed E-state index contributed by atoms with van der Waals surface area (Å²) in [7, 11) is 1.76. The van der Waals surface area contributed by atoms with Gasteiger partial charge >= 0.3 is 0 Å². The molecule has 1 amide bonds. The second-order valence-corrected chi connectivity index (χ2v) is 5.48. The number of nitrogens with two attached hydrogens (primary N) is 1. The zero-order chi connectivity index (χ0) is 13.9. The Morgan fingerprint density at radius 3 is 2.58 bits per heavy atom. The molecule has 2 N–H and O–H groups in total. The number of hydrogen-bond acceptors (Lipinski definition) is 3. The van der Waals surface area contributed by atoms with E-state index in [0.29, 0.717) is 18.2 Å². The summed E-state index contributed by atoms with van der Waals surface area (Å²) < 4.78 is 5.55. The van der Waals surface area contributed by atoms with Crippen LogP contribution in [0.1, 0.15) is 19.3 Å².